The van der Waals surface area contributed by atoms with Crippen molar-refractivity contribution in [2.75, 3.05) is 5.75 Å². The molecule has 1 aliphatic rings. The number of amides is 2. The zero-order valence-electron chi connectivity index (χ0n) is 8.07. The van der Waals surface area contributed by atoms with Gasteiger partial charge in [0.1, 0.15) is 11.6 Å². The van der Waals surface area contributed by atoms with E-state index in [1.807, 2.05) is 0 Å². The maximum atomic E-state index is 12.9. The summed E-state index contributed by atoms with van der Waals surface area (Å²) >= 11 is 0.891. The molecule has 0 N–H and O–H groups in total. The van der Waals surface area contributed by atoms with Gasteiger partial charge in [-0.3, -0.25) is 14.5 Å². The summed E-state index contributed by atoms with van der Waals surface area (Å²) in [7, 11) is 0. The van der Waals surface area contributed by atoms with Crippen molar-refractivity contribution in [3.63, 3.8) is 0 Å². The molecule has 0 atom stereocenters. The largest absolute Gasteiger partial charge is 0.289 e. The van der Waals surface area contributed by atoms with Crippen LogP contribution in [0.2, 0.25) is 0 Å². The first-order chi connectivity index (χ1) is 7.56. The summed E-state index contributed by atoms with van der Waals surface area (Å²) in [6, 6.07) is 2.95. The molecular formula is C10H7F2NO2S. The van der Waals surface area contributed by atoms with Gasteiger partial charge in [-0.1, -0.05) is 11.8 Å². The number of nitrogens with zero attached hydrogens (tertiary/aromatic N) is 1. The molecule has 0 bridgehead atoms. The number of thioether (sulfide) groups is 1. The highest BCUT2D eigenvalue weighted by atomic mass is 32.2. The van der Waals surface area contributed by atoms with Crippen molar-refractivity contribution in [3.8, 4) is 0 Å². The zero-order chi connectivity index (χ0) is 11.7. The van der Waals surface area contributed by atoms with Gasteiger partial charge in [0.05, 0.1) is 12.3 Å². The monoisotopic (exact) mass is 243 g/mol. The van der Waals surface area contributed by atoms with E-state index in [4.69, 9.17) is 0 Å². The third-order valence-corrected chi connectivity index (χ3v) is 2.96. The van der Waals surface area contributed by atoms with E-state index in [1.54, 1.807) is 0 Å². The lowest BCUT2D eigenvalue weighted by atomic mass is 10.2. The van der Waals surface area contributed by atoms with E-state index in [0.717, 1.165) is 34.9 Å². The molecule has 1 saturated heterocycles. The zero-order valence-corrected chi connectivity index (χ0v) is 8.89. The Bertz CT molecular complexity index is 428. The maximum Gasteiger partial charge on any atom is 0.289 e. The number of rotatable bonds is 2. The molecule has 0 radical (unpaired) electrons. The van der Waals surface area contributed by atoms with Crippen molar-refractivity contribution in [1.29, 1.82) is 0 Å². The van der Waals surface area contributed by atoms with Crippen molar-refractivity contribution in [2.45, 2.75) is 6.54 Å². The second-order valence-electron chi connectivity index (χ2n) is 3.31. The number of hydrogen-bond acceptors (Lipinski definition) is 3. The van der Waals surface area contributed by atoms with E-state index < -0.39 is 11.6 Å². The van der Waals surface area contributed by atoms with Gasteiger partial charge in [0.15, 0.2) is 0 Å². The molecule has 2 rings (SSSR count). The van der Waals surface area contributed by atoms with E-state index in [2.05, 4.69) is 0 Å². The van der Waals surface area contributed by atoms with Crippen LogP contribution in [0.4, 0.5) is 13.6 Å². The first kappa shape index (κ1) is 11.1. The van der Waals surface area contributed by atoms with E-state index in [1.165, 1.54) is 0 Å². The maximum absolute atomic E-state index is 12.9. The van der Waals surface area contributed by atoms with Gasteiger partial charge in [-0.2, -0.15) is 0 Å². The van der Waals surface area contributed by atoms with E-state index in [0.29, 0.717) is 0 Å². The van der Waals surface area contributed by atoms with Crippen LogP contribution in [0.25, 0.3) is 0 Å². The molecule has 1 heterocycles. The minimum atomic E-state index is -0.721. The second kappa shape index (κ2) is 4.21. The lowest BCUT2D eigenvalue weighted by Gasteiger charge is -2.12. The van der Waals surface area contributed by atoms with Gasteiger partial charge < -0.3 is 0 Å². The standard InChI is InChI=1S/C10H7F2NO2S/c11-7-1-6(2-8(12)3-7)4-13-9(14)5-16-10(13)15/h1-3H,4-5H2. The molecule has 0 aliphatic carbocycles. The molecule has 0 aromatic heterocycles. The predicted octanol–water partition coefficient (Wildman–Crippen LogP) is 2.16. The van der Waals surface area contributed by atoms with Gasteiger partial charge in [0.2, 0.25) is 5.91 Å². The fourth-order valence-electron chi connectivity index (χ4n) is 1.42. The fraction of sp³-hybridized carbons (Fsp3) is 0.200. The van der Waals surface area contributed by atoms with E-state index in [-0.39, 0.29) is 29.0 Å². The number of carbonyl (C=O) groups is 2. The molecule has 1 fully saturated rings. The smallest absolute Gasteiger partial charge is 0.273 e. The summed E-state index contributed by atoms with van der Waals surface area (Å²) < 4.78 is 25.7. The Balaban J connectivity index is 2.20. The highest BCUT2D eigenvalue weighted by Crippen LogP contribution is 2.21. The molecule has 1 aliphatic heterocycles. The molecule has 6 heteroatoms. The summed E-state index contributed by atoms with van der Waals surface area (Å²) in [6.45, 7) is -0.0840. The number of hydrogen-bond donors (Lipinski definition) is 0. The van der Waals surface area contributed by atoms with Crippen LogP contribution in [0.3, 0.4) is 0 Å². The van der Waals surface area contributed by atoms with Gasteiger partial charge in [-0.05, 0) is 17.7 Å². The van der Waals surface area contributed by atoms with E-state index >= 15 is 0 Å². The van der Waals surface area contributed by atoms with Crippen LogP contribution in [0.15, 0.2) is 18.2 Å². The third-order valence-electron chi connectivity index (χ3n) is 2.10. The van der Waals surface area contributed by atoms with Gasteiger partial charge in [-0.25, -0.2) is 8.78 Å². The van der Waals surface area contributed by atoms with E-state index in [9.17, 15) is 18.4 Å². The highest BCUT2D eigenvalue weighted by molar-refractivity contribution is 8.14. The Morgan fingerprint density at radius 3 is 2.31 bits per heavy atom. The van der Waals surface area contributed by atoms with Crippen molar-refractivity contribution in [2.24, 2.45) is 0 Å². The van der Waals surface area contributed by atoms with Gasteiger partial charge in [0.25, 0.3) is 5.24 Å². The number of imide groups is 1. The topological polar surface area (TPSA) is 37.4 Å². The molecule has 0 saturated carbocycles. The molecule has 84 valence electrons. The van der Waals surface area contributed by atoms with Crippen LogP contribution >= 0.6 is 11.8 Å². The second-order valence-corrected chi connectivity index (χ2v) is 4.24. The summed E-state index contributed by atoms with van der Waals surface area (Å²) in [6.07, 6.45) is 0. The average Bonchev–Trinajstić information content (AvgIpc) is 2.48. The summed E-state index contributed by atoms with van der Waals surface area (Å²) in [4.78, 5) is 23.5. The SMILES string of the molecule is O=C1CSC(=O)N1Cc1cc(F)cc(F)c1. The molecular weight excluding hydrogens is 236 g/mol. The average molecular weight is 243 g/mol. The number of carbonyl (C=O) groups excluding carboxylic acids is 2. The van der Waals surface area contributed by atoms with Crippen LogP contribution in [0, 0.1) is 11.6 Å². The first-order valence-electron chi connectivity index (χ1n) is 4.48. The number of benzene rings is 1. The van der Waals surface area contributed by atoms with Crippen LogP contribution in [-0.2, 0) is 11.3 Å². The molecule has 1 aromatic carbocycles. The minimum Gasteiger partial charge on any atom is -0.273 e. The quantitative estimate of drug-likeness (QED) is 0.798. The van der Waals surface area contributed by atoms with Crippen molar-refractivity contribution in [1.82, 2.24) is 4.90 Å². The van der Waals surface area contributed by atoms with Crippen molar-refractivity contribution in [3.05, 3.63) is 35.4 Å². The van der Waals surface area contributed by atoms with Crippen LogP contribution in [0.5, 0.6) is 0 Å². The van der Waals surface area contributed by atoms with Crippen LogP contribution in [0.1, 0.15) is 5.56 Å². The van der Waals surface area contributed by atoms with Crippen LogP contribution in [-0.4, -0.2) is 21.8 Å². The molecule has 16 heavy (non-hydrogen) atoms. The molecule has 1 aromatic rings. The molecule has 0 unspecified atom stereocenters. The first-order valence-corrected chi connectivity index (χ1v) is 5.47. The third kappa shape index (κ3) is 2.21. The molecule has 2 amide bonds. The lowest BCUT2D eigenvalue weighted by molar-refractivity contribution is -0.125. The Kier molecular flexibility index (Phi) is 2.91. The van der Waals surface area contributed by atoms with Gasteiger partial charge in [0, 0.05) is 6.07 Å². The Morgan fingerprint density at radius 1 is 1.19 bits per heavy atom. The fourth-order valence-corrected chi connectivity index (χ4v) is 2.14. The van der Waals surface area contributed by atoms with Crippen molar-refractivity contribution >= 4 is 22.9 Å². The van der Waals surface area contributed by atoms with Gasteiger partial charge in [-0.15, -0.1) is 0 Å². The predicted molar refractivity (Wildman–Crippen MR) is 54.8 cm³/mol. The normalized spacial score (nSPS) is 16.0. The molecule has 0 spiro atoms. The summed E-state index contributed by atoms with van der Waals surface area (Å²) in [5.74, 6) is -1.68. The lowest BCUT2D eigenvalue weighted by Crippen LogP contribution is -2.27. The Hall–Kier alpha value is -1.43. The Labute approximate surface area is 94.4 Å². The summed E-state index contributed by atoms with van der Waals surface area (Å²) in [5.41, 5.74) is 0.265. The van der Waals surface area contributed by atoms with Crippen LogP contribution < -0.4 is 0 Å². The summed E-state index contributed by atoms with van der Waals surface area (Å²) in [5, 5.41) is -0.380. The number of halogens is 2. The highest BCUT2D eigenvalue weighted by Gasteiger charge is 2.29. The van der Waals surface area contributed by atoms with Crippen molar-refractivity contribution < 1.29 is 18.4 Å². The Morgan fingerprint density at radius 2 is 1.81 bits per heavy atom. The molecule has 3 nitrogen and oxygen atoms in total. The van der Waals surface area contributed by atoms with Gasteiger partial charge >= 0.3 is 0 Å². The minimum absolute atomic E-state index is 0.0840.